The van der Waals surface area contributed by atoms with Crippen molar-refractivity contribution in [2.45, 2.75) is 6.42 Å². The van der Waals surface area contributed by atoms with Gasteiger partial charge in [0.1, 0.15) is 0 Å². The van der Waals surface area contributed by atoms with Gasteiger partial charge in [0, 0.05) is 14.1 Å². The van der Waals surface area contributed by atoms with Gasteiger partial charge in [-0.1, -0.05) is 6.07 Å². The third-order valence-electron chi connectivity index (χ3n) is 2.75. The molecule has 1 aromatic rings. The van der Waals surface area contributed by atoms with Crippen molar-refractivity contribution in [1.29, 1.82) is 0 Å². The molecule has 0 aromatic heterocycles. The minimum atomic E-state index is -0.215. The minimum Gasteiger partial charge on any atom is -0.493 e. The zero-order chi connectivity index (χ0) is 15.1. The van der Waals surface area contributed by atoms with Crippen molar-refractivity contribution in [3.63, 3.8) is 0 Å². The number of ether oxygens (including phenoxy) is 2. The quantitative estimate of drug-likeness (QED) is 0.821. The molecule has 0 heterocycles. The van der Waals surface area contributed by atoms with Crippen molar-refractivity contribution >= 4 is 11.8 Å². The Morgan fingerprint density at radius 3 is 2.35 bits per heavy atom. The molecule has 20 heavy (non-hydrogen) atoms. The highest BCUT2D eigenvalue weighted by Crippen LogP contribution is 2.27. The first-order valence-electron chi connectivity index (χ1n) is 6.15. The predicted molar refractivity (Wildman–Crippen MR) is 75.0 cm³/mol. The van der Waals surface area contributed by atoms with Crippen molar-refractivity contribution in [3.8, 4) is 11.5 Å². The van der Waals surface area contributed by atoms with Crippen LogP contribution in [0.25, 0.3) is 0 Å². The van der Waals surface area contributed by atoms with Crippen LogP contribution in [0.3, 0.4) is 0 Å². The molecule has 0 radical (unpaired) electrons. The molecular formula is C14H20N2O4. The van der Waals surface area contributed by atoms with Crippen molar-refractivity contribution in [2.24, 2.45) is 0 Å². The zero-order valence-corrected chi connectivity index (χ0v) is 12.2. The Labute approximate surface area is 118 Å². The Morgan fingerprint density at radius 2 is 1.80 bits per heavy atom. The fraction of sp³-hybridized carbons (Fsp3) is 0.429. The van der Waals surface area contributed by atoms with Crippen molar-refractivity contribution in [3.05, 3.63) is 23.8 Å². The Hall–Kier alpha value is -2.24. The minimum absolute atomic E-state index is 0.000870. The largest absolute Gasteiger partial charge is 0.493 e. The van der Waals surface area contributed by atoms with Gasteiger partial charge in [0.15, 0.2) is 11.5 Å². The molecule has 110 valence electrons. The molecule has 6 nitrogen and oxygen atoms in total. The summed E-state index contributed by atoms with van der Waals surface area (Å²) in [6.07, 6.45) is 0.182. The Kier molecular flexibility index (Phi) is 5.83. The summed E-state index contributed by atoms with van der Waals surface area (Å²) in [6, 6.07) is 5.27. The molecule has 1 aromatic carbocycles. The van der Waals surface area contributed by atoms with E-state index in [-0.39, 0.29) is 24.8 Å². The van der Waals surface area contributed by atoms with Crippen molar-refractivity contribution < 1.29 is 19.1 Å². The molecule has 1 rings (SSSR count). The van der Waals surface area contributed by atoms with Crippen LogP contribution in [-0.2, 0) is 16.0 Å². The number of carbonyl (C=O) groups excluding carboxylic acids is 2. The lowest BCUT2D eigenvalue weighted by atomic mass is 10.1. The smallest absolute Gasteiger partial charge is 0.241 e. The van der Waals surface area contributed by atoms with Gasteiger partial charge in [-0.15, -0.1) is 0 Å². The van der Waals surface area contributed by atoms with Gasteiger partial charge >= 0.3 is 0 Å². The van der Waals surface area contributed by atoms with Crippen LogP contribution in [0, 0.1) is 0 Å². The van der Waals surface area contributed by atoms with Gasteiger partial charge in [-0.3, -0.25) is 9.59 Å². The molecule has 2 amide bonds. The van der Waals surface area contributed by atoms with Gasteiger partial charge in [-0.2, -0.15) is 0 Å². The Morgan fingerprint density at radius 1 is 1.15 bits per heavy atom. The highest BCUT2D eigenvalue weighted by molar-refractivity contribution is 5.85. The van der Waals surface area contributed by atoms with Crippen molar-refractivity contribution in [2.75, 3.05) is 34.9 Å². The summed E-state index contributed by atoms with van der Waals surface area (Å²) in [5, 5.41) is 2.58. The van der Waals surface area contributed by atoms with Crippen LogP contribution >= 0.6 is 0 Å². The number of likely N-dealkylation sites (N-methyl/N-ethyl adjacent to an activating group) is 1. The first-order valence-corrected chi connectivity index (χ1v) is 6.15. The number of carbonyl (C=O) groups is 2. The molecule has 0 atom stereocenters. The van der Waals surface area contributed by atoms with E-state index in [2.05, 4.69) is 5.32 Å². The third kappa shape index (κ3) is 4.46. The van der Waals surface area contributed by atoms with Crippen LogP contribution in [0.4, 0.5) is 0 Å². The van der Waals surface area contributed by atoms with Crippen LogP contribution < -0.4 is 14.8 Å². The highest BCUT2D eigenvalue weighted by atomic mass is 16.5. The molecule has 0 aliphatic rings. The fourth-order valence-electron chi connectivity index (χ4n) is 1.57. The Bertz CT molecular complexity index is 486. The molecule has 0 bridgehead atoms. The molecule has 0 unspecified atom stereocenters. The standard InChI is InChI=1S/C14H20N2O4/c1-16(2)14(18)9-15-13(17)8-10-5-6-11(19-3)12(7-10)20-4/h5-7H,8-9H2,1-4H3,(H,15,17). The number of amides is 2. The van der Waals surface area contributed by atoms with E-state index in [9.17, 15) is 9.59 Å². The van der Waals surface area contributed by atoms with Crippen LogP contribution in [0.2, 0.25) is 0 Å². The van der Waals surface area contributed by atoms with E-state index in [0.717, 1.165) is 5.56 Å². The first-order chi connectivity index (χ1) is 9.47. The number of benzene rings is 1. The average Bonchev–Trinajstić information content (AvgIpc) is 2.44. The molecule has 0 saturated carbocycles. The second-order valence-corrected chi connectivity index (χ2v) is 4.43. The number of hydrogen-bond acceptors (Lipinski definition) is 4. The van der Waals surface area contributed by atoms with Gasteiger partial charge in [0.2, 0.25) is 11.8 Å². The summed E-state index contributed by atoms with van der Waals surface area (Å²) < 4.78 is 10.3. The summed E-state index contributed by atoms with van der Waals surface area (Å²) in [5.41, 5.74) is 0.789. The highest BCUT2D eigenvalue weighted by Gasteiger charge is 2.10. The number of nitrogens with zero attached hydrogens (tertiary/aromatic N) is 1. The van der Waals surface area contributed by atoms with E-state index >= 15 is 0 Å². The second kappa shape index (κ2) is 7.37. The van der Waals surface area contributed by atoms with Gasteiger partial charge in [0.05, 0.1) is 27.2 Å². The second-order valence-electron chi connectivity index (χ2n) is 4.43. The van der Waals surface area contributed by atoms with E-state index in [1.165, 1.54) is 12.0 Å². The monoisotopic (exact) mass is 280 g/mol. The normalized spacial score (nSPS) is 9.80. The lowest BCUT2D eigenvalue weighted by Crippen LogP contribution is -2.36. The average molecular weight is 280 g/mol. The van der Waals surface area contributed by atoms with Crippen LogP contribution in [0.1, 0.15) is 5.56 Å². The SMILES string of the molecule is COc1ccc(CC(=O)NCC(=O)N(C)C)cc1OC. The zero-order valence-electron chi connectivity index (χ0n) is 12.2. The maximum atomic E-state index is 11.7. The van der Waals surface area contributed by atoms with E-state index in [4.69, 9.17) is 9.47 Å². The van der Waals surface area contributed by atoms with Crippen molar-refractivity contribution in [1.82, 2.24) is 10.2 Å². The lowest BCUT2D eigenvalue weighted by molar-refractivity contribution is -0.130. The van der Waals surface area contributed by atoms with Crippen LogP contribution in [0.15, 0.2) is 18.2 Å². The molecule has 6 heteroatoms. The van der Waals surface area contributed by atoms with Gasteiger partial charge < -0.3 is 19.7 Å². The molecule has 0 aliphatic carbocycles. The first kappa shape index (κ1) is 15.8. The molecule has 0 fully saturated rings. The van der Waals surface area contributed by atoms with Gasteiger partial charge in [-0.05, 0) is 17.7 Å². The number of hydrogen-bond donors (Lipinski definition) is 1. The molecule has 0 saturated heterocycles. The topological polar surface area (TPSA) is 67.9 Å². The maximum absolute atomic E-state index is 11.7. The molecule has 0 aliphatic heterocycles. The number of methoxy groups -OCH3 is 2. The van der Waals surface area contributed by atoms with Gasteiger partial charge in [0.25, 0.3) is 0 Å². The summed E-state index contributed by atoms with van der Waals surface area (Å²) >= 11 is 0. The predicted octanol–water partition coefficient (Wildman–Crippen LogP) is 0.451. The molecule has 1 N–H and O–H groups in total. The van der Waals surface area contributed by atoms with Gasteiger partial charge in [-0.25, -0.2) is 0 Å². The number of nitrogens with one attached hydrogen (secondary N) is 1. The van der Waals surface area contributed by atoms with E-state index in [0.29, 0.717) is 11.5 Å². The summed E-state index contributed by atoms with van der Waals surface area (Å²) in [7, 11) is 6.38. The van der Waals surface area contributed by atoms with E-state index in [1.54, 1.807) is 39.4 Å². The third-order valence-corrected chi connectivity index (χ3v) is 2.75. The van der Waals surface area contributed by atoms with Crippen LogP contribution in [-0.4, -0.2) is 51.6 Å². The molecular weight excluding hydrogens is 260 g/mol. The lowest BCUT2D eigenvalue weighted by Gasteiger charge is -2.12. The summed E-state index contributed by atoms with van der Waals surface area (Å²) in [4.78, 5) is 24.5. The van der Waals surface area contributed by atoms with E-state index < -0.39 is 0 Å². The van der Waals surface area contributed by atoms with Crippen LogP contribution in [0.5, 0.6) is 11.5 Å². The summed E-state index contributed by atoms with van der Waals surface area (Å²) in [5.74, 6) is 0.819. The van der Waals surface area contributed by atoms with E-state index in [1.807, 2.05) is 0 Å². The molecule has 0 spiro atoms. The number of rotatable bonds is 6. The fourth-order valence-corrected chi connectivity index (χ4v) is 1.57. The summed E-state index contributed by atoms with van der Waals surface area (Å²) in [6.45, 7) is -0.000870. The Balaban J connectivity index is 2.60. The maximum Gasteiger partial charge on any atom is 0.241 e.